The zero-order chi connectivity index (χ0) is 18.9. The Morgan fingerprint density at radius 1 is 1.04 bits per heavy atom. The van der Waals surface area contributed by atoms with Gasteiger partial charge in [-0.15, -0.1) is 0 Å². The molecule has 26 heavy (non-hydrogen) atoms. The highest BCUT2D eigenvalue weighted by atomic mass is 32.2. The second kappa shape index (κ2) is 6.76. The fourth-order valence-electron chi connectivity index (χ4n) is 2.61. The van der Waals surface area contributed by atoms with Crippen molar-refractivity contribution in [3.8, 4) is 0 Å². The summed E-state index contributed by atoms with van der Waals surface area (Å²) in [4.78, 5) is 24.7. The SMILES string of the molecule is C[C@@H](C(=O)NS(C)(=O)=O)c1cccc(C(=O)c2cc3ccccc3o2)c1. The molecule has 0 fully saturated rings. The highest BCUT2D eigenvalue weighted by molar-refractivity contribution is 7.89. The largest absolute Gasteiger partial charge is 0.453 e. The van der Waals surface area contributed by atoms with Crippen LogP contribution in [0.1, 0.15) is 34.5 Å². The number of carbonyl (C=O) groups is 2. The molecule has 0 spiro atoms. The lowest BCUT2D eigenvalue weighted by molar-refractivity contribution is -0.120. The minimum atomic E-state index is -3.64. The van der Waals surface area contributed by atoms with E-state index in [9.17, 15) is 18.0 Å². The lowest BCUT2D eigenvalue weighted by atomic mass is 9.97. The first-order chi connectivity index (χ1) is 12.2. The predicted molar refractivity (Wildman–Crippen MR) is 97.5 cm³/mol. The summed E-state index contributed by atoms with van der Waals surface area (Å²) in [5, 5.41) is 0.827. The van der Waals surface area contributed by atoms with Gasteiger partial charge in [-0.25, -0.2) is 8.42 Å². The number of amides is 1. The Bertz CT molecular complexity index is 1060. The minimum Gasteiger partial charge on any atom is -0.453 e. The van der Waals surface area contributed by atoms with E-state index in [-0.39, 0.29) is 11.5 Å². The number of benzene rings is 2. The number of furan rings is 1. The quantitative estimate of drug-likeness (QED) is 0.696. The van der Waals surface area contributed by atoms with Crippen LogP contribution in [0.2, 0.25) is 0 Å². The van der Waals surface area contributed by atoms with Crippen molar-refractivity contribution in [2.45, 2.75) is 12.8 Å². The molecule has 0 saturated carbocycles. The Kier molecular flexibility index (Phi) is 4.65. The Morgan fingerprint density at radius 3 is 2.46 bits per heavy atom. The maximum absolute atomic E-state index is 12.7. The summed E-state index contributed by atoms with van der Waals surface area (Å²) in [5.74, 6) is -1.48. The van der Waals surface area contributed by atoms with Crippen molar-refractivity contribution < 1.29 is 22.4 Å². The third-order valence-corrected chi connectivity index (χ3v) is 4.55. The fourth-order valence-corrected chi connectivity index (χ4v) is 3.15. The zero-order valence-corrected chi connectivity index (χ0v) is 15.0. The Hall–Kier alpha value is -2.93. The van der Waals surface area contributed by atoms with Crippen LogP contribution in [0.5, 0.6) is 0 Å². The highest BCUT2D eigenvalue weighted by Gasteiger charge is 2.21. The van der Waals surface area contributed by atoms with Crippen molar-refractivity contribution in [1.82, 2.24) is 4.72 Å². The second-order valence-corrected chi connectivity index (χ2v) is 7.81. The summed E-state index contributed by atoms with van der Waals surface area (Å²) < 4.78 is 30.0. The third kappa shape index (κ3) is 3.83. The van der Waals surface area contributed by atoms with E-state index < -0.39 is 21.8 Å². The molecule has 1 aromatic heterocycles. The first kappa shape index (κ1) is 17.9. The van der Waals surface area contributed by atoms with Crippen molar-refractivity contribution in [3.63, 3.8) is 0 Å². The number of fused-ring (bicyclic) bond motifs is 1. The number of ketones is 1. The van der Waals surface area contributed by atoms with Crippen LogP contribution < -0.4 is 4.72 Å². The molecule has 1 amide bonds. The molecule has 134 valence electrons. The summed E-state index contributed by atoms with van der Waals surface area (Å²) >= 11 is 0. The summed E-state index contributed by atoms with van der Waals surface area (Å²) in [5.41, 5.74) is 1.52. The molecule has 7 heteroatoms. The van der Waals surface area contributed by atoms with Crippen LogP contribution in [-0.4, -0.2) is 26.4 Å². The van der Waals surface area contributed by atoms with Crippen molar-refractivity contribution >= 4 is 32.7 Å². The summed E-state index contributed by atoms with van der Waals surface area (Å²) in [6.45, 7) is 1.57. The molecule has 0 aliphatic carbocycles. The molecule has 3 rings (SSSR count). The van der Waals surface area contributed by atoms with E-state index in [4.69, 9.17) is 4.42 Å². The molecule has 0 aliphatic rings. The lowest BCUT2D eigenvalue weighted by Crippen LogP contribution is -2.32. The fraction of sp³-hybridized carbons (Fsp3) is 0.158. The van der Waals surface area contributed by atoms with E-state index >= 15 is 0 Å². The van der Waals surface area contributed by atoms with Gasteiger partial charge in [0, 0.05) is 10.9 Å². The Balaban J connectivity index is 1.88. The van der Waals surface area contributed by atoms with Gasteiger partial charge >= 0.3 is 0 Å². The van der Waals surface area contributed by atoms with Crippen molar-refractivity contribution in [2.24, 2.45) is 0 Å². The third-order valence-electron chi connectivity index (χ3n) is 3.98. The van der Waals surface area contributed by atoms with Gasteiger partial charge in [-0.3, -0.25) is 14.3 Å². The maximum Gasteiger partial charge on any atom is 0.240 e. The van der Waals surface area contributed by atoms with E-state index in [2.05, 4.69) is 0 Å². The van der Waals surface area contributed by atoms with Gasteiger partial charge in [0.25, 0.3) is 0 Å². The Labute approximate surface area is 150 Å². The standard InChI is InChI=1S/C19H17NO5S/c1-12(19(22)20-26(2,23)24)13-7-5-8-15(10-13)18(21)17-11-14-6-3-4-9-16(14)25-17/h3-12H,1-2H3,(H,20,22)/t12-/m1/s1. The van der Waals surface area contributed by atoms with E-state index in [0.29, 0.717) is 16.7 Å². The number of carbonyl (C=O) groups excluding carboxylic acids is 2. The van der Waals surface area contributed by atoms with Gasteiger partial charge in [0.1, 0.15) is 5.58 Å². The molecule has 1 heterocycles. The molecule has 0 unspecified atom stereocenters. The first-order valence-corrected chi connectivity index (χ1v) is 9.78. The number of hydrogen-bond donors (Lipinski definition) is 1. The van der Waals surface area contributed by atoms with Crippen molar-refractivity contribution in [3.05, 3.63) is 71.5 Å². The van der Waals surface area contributed by atoms with Gasteiger partial charge in [0.15, 0.2) is 5.76 Å². The van der Waals surface area contributed by atoms with Crippen LogP contribution in [0.15, 0.2) is 59.0 Å². The zero-order valence-electron chi connectivity index (χ0n) is 14.2. The van der Waals surface area contributed by atoms with Gasteiger partial charge in [0.2, 0.25) is 21.7 Å². The van der Waals surface area contributed by atoms with E-state index in [0.717, 1.165) is 11.6 Å². The van der Waals surface area contributed by atoms with Crippen molar-refractivity contribution in [2.75, 3.05) is 6.26 Å². The van der Waals surface area contributed by atoms with E-state index in [1.165, 1.54) is 0 Å². The normalized spacial score (nSPS) is 12.7. The molecule has 2 aromatic carbocycles. The average Bonchev–Trinajstić information content (AvgIpc) is 3.03. The van der Waals surface area contributed by atoms with Crippen LogP contribution in [0.4, 0.5) is 0 Å². The second-order valence-electron chi connectivity index (χ2n) is 6.06. The van der Waals surface area contributed by atoms with E-state index in [1.54, 1.807) is 43.3 Å². The van der Waals surface area contributed by atoms with Gasteiger partial charge in [-0.05, 0) is 30.7 Å². The van der Waals surface area contributed by atoms with Gasteiger partial charge in [-0.2, -0.15) is 0 Å². The molecule has 6 nitrogen and oxygen atoms in total. The minimum absolute atomic E-state index is 0.205. The van der Waals surface area contributed by atoms with Crippen LogP contribution in [0, 0.1) is 0 Å². The summed E-state index contributed by atoms with van der Waals surface area (Å²) in [6.07, 6.45) is 0.916. The average molecular weight is 371 g/mol. The van der Waals surface area contributed by atoms with Gasteiger partial charge in [-0.1, -0.05) is 36.4 Å². The van der Waals surface area contributed by atoms with Crippen LogP contribution in [-0.2, 0) is 14.8 Å². The van der Waals surface area contributed by atoms with Gasteiger partial charge < -0.3 is 4.42 Å². The Morgan fingerprint density at radius 2 is 1.77 bits per heavy atom. The summed E-state index contributed by atoms with van der Waals surface area (Å²) in [6, 6.07) is 15.5. The summed E-state index contributed by atoms with van der Waals surface area (Å²) in [7, 11) is -3.64. The highest BCUT2D eigenvalue weighted by Crippen LogP contribution is 2.23. The molecular formula is C19H17NO5S. The number of rotatable bonds is 5. The monoisotopic (exact) mass is 371 g/mol. The number of hydrogen-bond acceptors (Lipinski definition) is 5. The van der Waals surface area contributed by atoms with Crippen LogP contribution in [0.25, 0.3) is 11.0 Å². The topological polar surface area (TPSA) is 93.5 Å². The number of sulfonamides is 1. The van der Waals surface area contributed by atoms with Gasteiger partial charge in [0.05, 0.1) is 12.2 Å². The molecule has 1 N–H and O–H groups in total. The predicted octanol–water partition coefficient (Wildman–Crippen LogP) is 2.84. The van der Waals surface area contributed by atoms with E-state index in [1.807, 2.05) is 22.9 Å². The molecule has 1 atom stereocenters. The molecule has 0 radical (unpaired) electrons. The molecule has 0 saturated heterocycles. The smallest absolute Gasteiger partial charge is 0.240 e. The first-order valence-electron chi connectivity index (χ1n) is 7.89. The number of nitrogens with one attached hydrogen (secondary N) is 1. The molecule has 0 bridgehead atoms. The van der Waals surface area contributed by atoms with Crippen LogP contribution >= 0.6 is 0 Å². The molecular weight excluding hydrogens is 354 g/mol. The molecule has 0 aliphatic heterocycles. The van der Waals surface area contributed by atoms with Crippen LogP contribution in [0.3, 0.4) is 0 Å². The maximum atomic E-state index is 12.7. The number of para-hydroxylation sites is 1. The molecule has 3 aromatic rings. The lowest BCUT2D eigenvalue weighted by Gasteiger charge is -2.12. The van der Waals surface area contributed by atoms with Crippen molar-refractivity contribution in [1.29, 1.82) is 0 Å².